The van der Waals surface area contributed by atoms with Gasteiger partial charge in [0.05, 0.1) is 6.33 Å². The summed E-state index contributed by atoms with van der Waals surface area (Å²) in [5.74, 6) is 0.650. The summed E-state index contributed by atoms with van der Waals surface area (Å²) in [6.45, 7) is 13.7. The van der Waals surface area contributed by atoms with E-state index in [2.05, 4.69) is 49.5 Å². The van der Waals surface area contributed by atoms with Gasteiger partial charge in [0.2, 0.25) is 0 Å². The molecule has 1 aliphatic rings. The predicted molar refractivity (Wildman–Crippen MR) is 71.2 cm³/mol. The zero-order valence-corrected chi connectivity index (χ0v) is 11.7. The average molecular weight is 235 g/mol. The van der Waals surface area contributed by atoms with E-state index in [1.807, 2.05) is 12.5 Å². The van der Waals surface area contributed by atoms with Crippen LogP contribution in [-0.2, 0) is 5.54 Å². The Bertz CT molecular complexity index is 380. The molecule has 0 unspecified atom stereocenters. The molecule has 3 nitrogen and oxygen atoms in total. The zero-order valence-electron chi connectivity index (χ0n) is 11.7. The lowest BCUT2D eigenvalue weighted by molar-refractivity contribution is 0.205. The molecule has 0 saturated carbocycles. The van der Waals surface area contributed by atoms with E-state index in [0.29, 0.717) is 11.3 Å². The third-order valence-corrected chi connectivity index (χ3v) is 3.48. The van der Waals surface area contributed by atoms with Crippen molar-refractivity contribution in [2.75, 3.05) is 13.1 Å². The molecule has 96 valence electrons. The second kappa shape index (κ2) is 4.13. The highest BCUT2D eigenvalue weighted by Gasteiger charge is 2.31. The molecule has 0 amide bonds. The first-order valence-corrected chi connectivity index (χ1v) is 6.53. The first-order chi connectivity index (χ1) is 7.80. The largest absolute Gasteiger partial charge is 0.329 e. The molecule has 1 saturated heterocycles. The quantitative estimate of drug-likeness (QED) is 0.873. The van der Waals surface area contributed by atoms with Crippen molar-refractivity contribution in [3.05, 3.63) is 18.2 Å². The summed E-state index contributed by atoms with van der Waals surface area (Å²) in [6.07, 6.45) is 5.19. The molecule has 1 aliphatic heterocycles. The van der Waals surface area contributed by atoms with Crippen LogP contribution in [0.15, 0.2) is 12.5 Å². The van der Waals surface area contributed by atoms with Crippen molar-refractivity contribution in [2.45, 2.75) is 52.5 Å². The highest BCUT2D eigenvalue weighted by Crippen LogP contribution is 2.34. The van der Waals surface area contributed by atoms with Crippen LogP contribution in [-0.4, -0.2) is 22.6 Å². The van der Waals surface area contributed by atoms with Crippen LogP contribution < -0.4 is 5.32 Å². The van der Waals surface area contributed by atoms with Gasteiger partial charge in [-0.25, -0.2) is 4.98 Å². The molecule has 0 atom stereocenters. The van der Waals surface area contributed by atoms with Crippen LogP contribution in [0.5, 0.6) is 0 Å². The predicted octanol–water partition coefficient (Wildman–Crippen LogP) is 2.74. The van der Waals surface area contributed by atoms with Crippen molar-refractivity contribution in [1.29, 1.82) is 0 Å². The molecule has 2 rings (SSSR count). The SMILES string of the molecule is CC(C)(C)CC(C)(C)n1cncc1C1CNC1. The van der Waals surface area contributed by atoms with Crippen molar-refractivity contribution in [3.8, 4) is 0 Å². The molecule has 1 aromatic heterocycles. The maximum atomic E-state index is 4.36. The first kappa shape index (κ1) is 12.6. The molecule has 1 fully saturated rings. The summed E-state index contributed by atoms with van der Waals surface area (Å²) in [5.41, 5.74) is 1.86. The molecule has 0 spiro atoms. The highest BCUT2D eigenvalue weighted by molar-refractivity contribution is 5.14. The van der Waals surface area contributed by atoms with Crippen molar-refractivity contribution in [2.24, 2.45) is 5.41 Å². The number of nitrogens with one attached hydrogen (secondary N) is 1. The van der Waals surface area contributed by atoms with Crippen LogP contribution in [0.4, 0.5) is 0 Å². The molecule has 0 bridgehead atoms. The number of nitrogens with zero attached hydrogens (tertiary/aromatic N) is 2. The topological polar surface area (TPSA) is 29.9 Å². The number of imidazole rings is 1. The summed E-state index contributed by atoms with van der Waals surface area (Å²) < 4.78 is 2.38. The minimum Gasteiger partial charge on any atom is -0.329 e. The van der Waals surface area contributed by atoms with Crippen LogP contribution in [0.1, 0.15) is 52.7 Å². The van der Waals surface area contributed by atoms with Gasteiger partial charge in [0, 0.05) is 36.4 Å². The summed E-state index contributed by atoms with van der Waals surface area (Å²) in [4.78, 5) is 4.36. The second-order valence-electron chi connectivity index (χ2n) is 7.09. The maximum absolute atomic E-state index is 4.36. The number of rotatable bonds is 3. The van der Waals surface area contributed by atoms with Gasteiger partial charge in [0.15, 0.2) is 0 Å². The van der Waals surface area contributed by atoms with E-state index in [0.717, 1.165) is 19.5 Å². The average Bonchev–Trinajstić information content (AvgIpc) is 2.44. The second-order valence-corrected chi connectivity index (χ2v) is 7.09. The number of hydrogen-bond acceptors (Lipinski definition) is 2. The van der Waals surface area contributed by atoms with E-state index in [1.165, 1.54) is 5.69 Å². The Kier molecular flexibility index (Phi) is 3.06. The van der Waals surface area contributed by atoms with Gasteiger partial charge < -0.3 is 9.88 Å². The molecule has 17 heavy (non-hydrogen) atoms. The fourth-order valence-electron chi connectivity index (χ4n) is 2.99. The Labute approximate surface area is 105 Å². The molecule has 1 aromatic rings. The van der Waals surface area contributed by atoms with Gasteiger partial charge in [0.1, 0.15) is 0 Å². The standard InChI is InChI=1S/C14H25N3/c1-13(2,3)9-14(4,5)17-10-16-8-12(17)11-6-15-7-11/h8,10-11,15H,6-7,9H2,1-5H3. The van der Waals surface area contributed by atoms with Crippen molar-refractivity contribution < 1.29 is 0 Å². The third-order valence-electron chi connectivity index (χ3n) is 3.48. The molecular weight excluding hydrogens is 210 g/mol. The monoisotopic (exact) mass is 235 g/mol. The van der Waals surface area contributed by atoms with Crippen molar-refractivity contribution in [3.63, 3.8) is 0 Å². The molecule has 1 N–H and O–H groups in total. The van der Waals surface area contributed by atoms with Gasteiger partial charge in [-0.1, -0.05) is 20.8 Å². The molecule has 0 radical (unpaired) electrons. The molecule has 0 aliphatic carbocycles. The summed E-state index contributed by atoms with van der Waals surface area (Å²) in [6, 6.07) is 0. The van der Waals surface area contributed by atoms with Gasteiger partial charge in [0.25, 0.3) is 0 Å². The van der Waals surface area contributed by atoms with E-state index in [9.17, 15) is 0 Å². The fourth-order valence-corrected chi connectivity index (χ4v) is 2.99. The molecule has 2 heterocycles. The smallest absolute Gasteiger partial charge is 0.0953 e. The lowest BCUT2D eigenvalue weighted by Crippen LogP contribution is -2.43. The van der Waals surface area contributed by atoms with Crippen LogP contribution in [0, 0.1) is 5.41 Å². The van der Waals surface area contributed by atoms with E-state index in [4.69, 9.17) is 0 Å². The Hall–Kier alpha value is -0.830. The minimum atomic E-state index is 0.139. The normalized spacial score (nSPS) is 18.2. The van der Waals surface area contributed by atoms with Crippen LogP contribution >= 0.6 is 0 Å². The van der Waals surface area contributed by atoms with Gasteiger partial charge in [-0.05, 0) is 25.7 Å². The summed E-state index contributed by atoms with van der Waals surface area (Å²) >= 11 is 0. The van der Waals surface area contributed by atoms with Gasteiger partial charge in [-0.2, -0.15) is 0 Å². The highest BCUT2D eigenvalue weighted by atomic mass is 15.1. The minimum absolute atomic E-state index is 0.139. The van der Waals surface area contributed by atoms with Gasteiger partial charge in [-0.3, -0.25) is 0 Å². The number of aromatic nitrogens is 2. The van der Waals surface area contributed by atoms with Gasteiger partial charge in [-0.15, -0.1) is 0 Å². The maximum Gasteiger partial charge on any atom is 0.0953 e. The zero-order chi connectivity index (χ0) is 12.7. The van der Waals surface area contributed by atoms with Crippen LogP contribution in [0.2, 0.25) is 0 Å². The fraction of sp³-hybridized carbons (Fsp3) is 0.786. The summed E-state index contributed by atoms with van der Waals surface area (Å²) in [7, 11) is 0. The molecule has 3 heteroatoms. The van der Waals surface area contributed by atoms with Gasteiger partial charge >= 0.3 is 0 Å². The van der Waals surface area contributed by atoms with E-state index in [-0.39, 0.29) is 5.54 Å². The Morgan fingerprint density at radius 2 is 1.94 bits per heavy atom. The van der Waals surface area contributed by atoms with Crippen LogP contribution in [0.25, 0.3) is 0 Å². The van der Waals surface area contributed by atoms with E-state index in [1.54, 1.807) is 0 Å². The lowest BCUT2D eigenvalue weighted by Gasteiger charge is -2.37. The Morgan fingerprint density at radius 3 is 2.41 bits per heavy atom. The van der Waals surface area contributed by atoms with Crippen LogP contribution in [0.3, 0.4) is 0 Å². The van der Waals surface area contributed by atoms with E-state index >= 15 is 0 Å². The summed E-state index contributed by atoms with van der Waals surface area (Å²) in [5, 5.41) is 3.34. The Balaban J connectivity index is 2.23. The van der Waals surface area contributed by atoms with E-state index < -0.39 is 0 Å². The lowest BCUT2D eigenvalue weighted by atomic mass is 9.81. The van der Waals surface area contributed by atoms with Crippen molar-refractivity contribution >= 4 is 0 Å². The molecular formula is C14H25N3. The Morgan fingerprint density at radius 1 is 1.29 bits per heavy atom. The first-order valence-electron chi connectivity index (χ1n) is 6.53. The number of hydrogen-bond donors (Lipinski definition) is 1. The third kappa shape index (κ3) is 2.71. The van der Waals surface area contributed by atoms with Crippen molar-refractivity contribution in [1.82, 2.24) is 14.9 Å². The molecule has 0 aromatic carbocycles.